The van der Waals surface area contributed by atoms with E-state index in [0.717, 1.165) is 52.9 Å². The van der Waals surface area contributed by atoms with Crippen molar-refractivity contribution in [3.05, 3.63) is 63.1 Å². The van der Waals surface area contributed by atoms with E-state index >= 15 is 0 Å². The monoisotopic (exact) mass is 467 g/mol. The maximum Gasteiger partial charge on any atom is 0.263 e. The van der Waals surface area contributed by atoms with Gasteiger partial charge >= 0.3 is 0 Å². The van der Waals surface area contributed by atoms with E-state index in [1.54, 1.807) is 17.6 Å². The Bertz CT molecular complexity index is 1290. The molecule has 1 aliphatic heterocycles. The molecule has 1 aliphatic rings. The minimum Gasteiger partial charge on any atom is -0.444 e. The molecule has 32 heavy (non-hydrogen) atoms. The SMILES string of the molecule is CCc1c(C)sc2nc(SCc3coc(-c4ccccc4)n3)n(CC3CCCO3)c(=O)c12. The van der Waals surface area contributed by atoms with Crippen LogP contribution in [0.2, 0.25) is 0 Å². The highest BCUT2D eigenvalue weighted by Crippen LogP contribution is 2.31. The van der Waals surface area contributed by atoms with Crippen molar-refractivity contribution in [2.75, 3.05) is 6.61 Å². The number of benzene rings is 1. The van der Waals surface area contributed by atoms with Gasteiger partial charge in [0, 0.05) is 22.8 Å². The standard InChI is InChI=1S/C24H25N3O3S2/c1-3-19-15(2)32-22-20(19)23(28)27(12-18-10-7-11-29-18)24(26-22)31-14-17-13-30-21(25-17)16-8-5-4-6-9-16/h4-6,8-9,13,18H,3,7,10-12,14H2,1-2H3. The number of oxazole rings is 1. The maximum atomic E-state index is 13.6. The van der Waals surface area contributed by atoms with Gasteiger partial charge in [0.15, 0.2) is 5.16 Å². The maximum absolute atomic E-state index is 13.6. The Morgan fingerprint density at radius 3 is 2.84 bits per heavy atom. The van der Waals surface area contributed by atoms with Crippen molar-refractivity contribution < 1.29 is 9.15 Å². The number of rotatable bonds is 7. The van der Waals surface area contributed by atoms with E-state index in [1.807, 2.05) is 34.9 Å². The van der Waals surface area contributed by atoms with E-state index in [4.69, 9.17) is 14.1 Å². The fraction of sp³-hybridized carbons (Fsp3) is 0.375. The second kappa shape index (κ2) is 9.21. The fourth-order valence-corrected chi connectivity index (χ4v) is 6.19. The molecule has 0 saturated carbocycles. The molecule has 0 aliphatic carbocycles. The quantitative estimate of drug-likeness (QED) is 0.266. The van der Waals surface area contributed by atoms with Gasteiger partial charge in [-0.2, -0.15) is 0 Å². The average Bonchev–Trinajstić information content (AvgIpc) is 3.55. The minimum atomic E-state index is 0.0410. The molecule has 0 amide bonds. The van der Waals surface area contributed by atoms with Gasteiger partial charge in [-0.05, 0) is 43.9 Å². The van der Waals surface area contributed by atoms with Crippen molar-refractivity contribution in [1.29, 1.82) is 0 Å². The number of hydrogen-bond acceptors (Lipinski definition) is 7. The third-order valence-electron chi connectivity index (χ3n) is 5.76. The number of aromatic nitrogens is 3. The third-order valence-corrected chi connectivity index (χ3v) is 7.81. The highest BCUT2D eigenvalue weighted by atomic mass is 32.2. The van der Waals surface area contributed by atoms with Crippen molar-refractivity contribution in [2.24, 2.45) is 0 Å². The molecule has 1 atom stereocenters. The van der Waals surface area contributed by atoms with Gasteiger partial charge in [0.05, 0.1) is 23.7 Å². The molecule has 5 rings (SSSR count). The third kappa shape index (κ3) is 4.14. The molecule has 4 aromatic rings. The van der Waals surface area contributed by atoms with Crippen LogP contribution in [-0.4, -0.2) is 27.2 Å². The summed E-state index contributed by atoms with van der Waals surface area (Å²) in [5.74, 6) is 1.17. The molecular formula is C24H25N3O3S2. The molecule has 0 radical (unpaired) electrons. The summed E-state index contributed by atoms with van der Waals surface area (Å²) in [5, 5.41) is 1.48. The van der Waals surface area contributed by atoms with Crippen LogP contribution >= 0.6 is 23.1 Å². The molecule has 4 heterocycles. The predicted molar refractivity (Wildman–Crippen MR) is 128 cm³/mol. The zero-order chi connectivity index (χ0) is 22.1. The number of thioether (sulfide) groups is 1. The van der Waals surface area contributed by atoms with Crippen LogP contribution in [-0.2, 0) is 23.5 Å². The van der Waals surface area contributed by atoms with Gasteiger partial charge in [-0.1, -0.05) is 36.9 Å². The molecule has 166 valence electrons. The van der Waals surface area contributed by atoms with Crippen molar-refractivity contribution in [1.82, 2.24) is 14.5 Å². The molecule has 1 fully saturated rings. The normalized spacial score (nSPS) is 16.2. The lowest BCUT2D eigenvalue weighted by molar-refractivity contribution is 0.0937. The lowest BCUT2D eigenvalue weighted by Crippen LogP contribution is -2.29. The number of hydrogen-bond donors (Lipinski definition) is 0. The van der Waals surface area contributed by atoms with Gasteiger partial charge in [-0.15, -0.1) is 11.3 Å². The van der Waals surface area contributed by atoms with Crippen molar-refractivity contribution in [2.45, 2.75) is 56.7 Å². The Morgan fingerprint density at radius 1 is 1.25 bits per heavy atom. The van der Waals surface area contributed by atoms with E-state index in [-0.39, 0.29) is 11.7 Å². The van der Waals surface area contributed by atoms with E-state index in [2.05, 4.69) is 18.8 Å². The summed E-state index contributed by atoms with van der Waals surface area (Å²) < 4.78 is 13.3. The molecular weight excluding hydrogens is 442 g/mol. The second-order valence-corrected chi connectivity index (χ2v) is 10.1. The van der Waals surface area contributed by atoms with E-state index in [0.29, 0.717) is 23.3 Å². The van der Waals surface area contributed by atoms with Crippen LogP contribution in [0, 0.1) is 6.92 Å². The van der Waals surface area contributed by atoms with E-state index < -0.39 is 0 Å². The first-order valence-electron chi connectivity index (χ1n) is 10.9. The van der Waals surface area contributed by atoms with Crippen LogP contribution in [0.15, 0.2) is 51.0 Å². The molecule has 0 bridgehead atoms. The Morgan fingerprint density at radius 2 is 2.09 bits per heavy atom. The number of aryl methyl sites for hydroxylation is 2. The molecule has 3 aromatic heterocycles. The molecule has 1 saturated heterocycles. The Kier molecular flexibility index (Phi) is 6.17. The van der Waals surface area contributed by atoms with Crippen molar-refractivity contribution in [3.63, 3.8) is 0 Å². The lowest BCUT2D eigenvalue weighted by atomic mass is 10.1. The van der Waals surface area contributed by atoms with Gasteiger partial charge in [-0.25, -0.2) is 9.97 Å². The van der Waals surface area contributed by atoms with Crippen molar-refractivity contribution in [3.8, 4) is 11.5 Å². The van der Waals surface area contributed by atoms with E-state index in [1.165, 1.54) is 16.6 Å². The Hall–Kier alpha value is -2.42. The Balaban J connectivity index is 1.47. The van der Waals surface area contributed by atoms with E-state index in [9.17, 15) is 4.79 Å². The first kappa shape index (κ1) is 21.4. The van der Waals surface area contributed by atoms with Gasteiger partial charge in [0.2, 0.25) is 5.89 Å². The van der Waals surface area contributed by atoms with Gasteiger partial charge in [0.25, 0.3) is 5.56 Å². The molecule has 6 nitrogen and oxygen atoms in total. The van der Waals surface area contributed by atoms with Crippen molar-refractivity contribution >= 4 is 33.3 Å². The second-order valence-electron chi connectivity index (χ2n) is 7.91. The van der Waals surface area contributed by atoms with Crippen LogP contribution in [0.1, 0.15) is 35.9 Å². The van der Waals surface area contributed by atoms with Gasteiger partial charge in [-0.3, -0.25) is 9.36 Å². The smallest absolute Gasteiger partial charge is 0.263 e. The van der Waals surface area contributed by atoms with Gasteiger partial charge < -0.3 is 9.15 Å². The molecule has 8 heteroatoms. The highest BCUT2D eigenvalue weighted by molar-refractivity contribution is 7.98. The molecule has 1 aromatic carbocycles. The van der Waals surface area contributed by atoms with Crippen LogP contribution < -0.4 is 5.56 Å². The molecule has 1 unspecified atom stereocenters. The number of ether oxygens (including phenoxy) is 1. The number of nitrogens with zero attached hydrogens (tertiary/aromatic N) is 3. The topological polar surface area (TPSA) is 70.2 Å². The Labute approximate surface area is 194 Å². The lowest BCUT2D eigenvalue weighted by Gasteiger charge is -2.15. The summed E-state index contributed by atoms with van der Waals surface area (Å²) >= 11 is 3.13. The van der Waals surface area contributed by atoms with Crippen LogP contribution in [0.5, 0.6) is 0 Å². The summed E-state index contributed by atoms with van der Waals surface area (Å²) in [6.45, 7) is 5.46. The first-order chi connectivity index (χ1) is 15.6. The number of fused-ring (bicyclic) bond motifs is 1. The number of thiophene rings is 1. The summed E-state index contributed by atoms with van der Waals surface area (Å²) in [6.07, 6.45) is 4.59. The summed E-state index contributed by atoms with van der Waals surface area (Å²) in [7, 11) is 0. The first-order valence-corrected chi connectivity index (χ1v) is 12.7. The van der Waals surface area contributed by atoms with Crippen LogP contribution in [0.25, 0.3) is 21.7 Å². The summed E-state index contributed by atoms with van der Waals surface area (Å²) in [4.78, 5) is 25.1. The minimum absolute atomic E-state index is 0.0410. The zero-order valence-electron chi connectivity index (χ0n) is 18.2. The fourth-order valence-electron chi connectivity index (χ4n) is 4.15. The molecule has 0 spiro atoms. The summed E-state index contributed by atoms with van der Waals surface area (Å²) in [6, 6.07) is 9.84. The molecule has 0 N–H and O–H groups in total. The van der Waals surface area contributed by atoms with Crippen LogP contribution in [0.3, 0.4) is 0 Å². The zero-order valence-corrected chi connectivity index (χ0v) is 19.8. The highest BCUT2D eigenvalue weighted by Gasteiger charge is 2.23. The average molecular weight is 468 g/mol. The van der Waals surface area contributed by atoms with Crippen LogP contribution in [0.4, 0.5) is 0 Å². The van der Waals surface area contributed by atoms with Gasteiger partial charge in [0.1, 0.15) is 11.1 Å². The largest absolute Gasteiger partial charge is 0.444 e. The predicted octanol–water partition coefficient (Wildman–Crippen LogP) is 5.46. The summed E-state index contributed by atoms with van der Waals surface area (Å²) in [5.41, 5.74) is 2.92.